The van der Waals surface area contributed by atoms with Crippen LogP contribution < -0.4 is 5.32 Å². The van der Waals surface area contributed by atoms with Crippen LogP contribution in [0.4, 0.5) is 5.69 Å². The smallest absolute Gasteiger partial charge is 0.300 e. The monoisotopic (exact) mass is 362 g/mol. The van der Waals surface area contributed by atoms with Crippen LogP contribution in [0.15, 0.2) is 60.2 Å². The van der Waals surface area contributed by atoms with Crippen LogP contribution in [0, 0.1) is 0 Å². The zero-order chi connectivity index (χ0) is 18.5. The lowest BCUT2D eigenvalue weighted by atomic mass is 9.84. The summed E-state index contributed by atoms with van der Waals surface area (Å²) < 4.78 is 0. The third kappa shape index (κ3) is 2.47. The van der Waals surface area contributed by atoms with E-state index in [0.29, 0.717) is 12.1 Å². The van der Waals surface area contributed by atoms with Gasteiger partial charge in [-0.25, -0.2) is 0 Å². The van der Waals surface area contributed by atoms with Crippen molar-refractivity contribution in [3.05, 3.63) is 71.3 Å². The van der Waals surface area contributed by atoms with Crippen molar-refractivity contribution in [3.8, 4) is 0 Å². The van der Waals surface area contributed by atoms with Gasteiger partial charge in [-0.15, -0.1) is 0 Å². The lowest BCUT2D eigenvalue weighted by molar-refractivity contribution is -0.141. The summed E-state index contributed by atoms with van der Waals surface area (Å²) in [6.45, 7) is 3.95. The van der Waals surface area contributed by atoms with Gasteiger partial charge in [0.1, 0.15) is 4.99 Å². The molecule has 0 saturated carbocycles. The molecular weight excluding hydrogens is 344 g/mol. The lowest BCUT2D eigenvalue weighted by Crippen LogP contribution is -2.49. The summed E-state index contributed by atoms with van der Waals surface area (Å²) >= 11 is 5.53. The molecule has 2 aliphatic heterocycles. The molecule has 1 N–H and O–H groups in total. The number of ketones is 1. The molecular formula is C21H18N2O2S. The topological polar surface area (TPSA) is 49.4 Å². The predicted molar refractivity (Wildman–Crippen MR) is 106 cm³/mol. The highest BCUT2D eigenvalue weighted by molar-refractivity contribution is 7.81. The molecule has 2 aliphatic rings. The Morgan fingerprint density at radius 3 is 2.42 bits per heavy atom. The van der Waals surface area contributed by atoms with Gasteiger partial charge in [-0.3, -0.25) is 14.5 Å². The van der Waals surface area contributed by atoms with Crippen LogP contribution in [0.3, 0.4) is 0 Å². The number of anilines is 1. The van der Waals surface area contributed by atoms with Gasteiger partial charge in [-0.2, -0.15) is 0 Å². The highest BCUT2D eigenvalue weighted by Crippen LogP contribution is 2.43. The van der Waals surface area contributed by atoms with Gasteiger partial charge in [0.2, 0.25) is 0 Å². The van der Waals surface area contributed by atoms with E-state index in [9.17, 15) is 9.59 Å². The number of carbonyl (C=O) groups is 2. The van der Waals surface area contributed by atoms with E-state index in [1.165, 1.54) is 0 Å². The quantitative estimate of drug-likeness (QED) is 0.655. The molecule has 0 bridgehead atoms. The minimum Gasteiger partial charge on any atom is -0.346 e. The minimum absolute atomic E-state index is 0.277. The number of benzene rings is 2. The van der Waals surface area contributed by atoms with Crippen molar-refractivity contribution < 1.29 is 9.59 Å². The lowest BCUT2D eigenvalue weighted by Gasteiger charge is -2.42. The number of hydrogen-bond donors (Lipinski definition) is 1. The van der Waals surface area contributed by atoms with Crippen LogP contribution in [-0.2, 0) is 16.0 Å². The van der Waals surface area contributed by atoms with Crippen LogP contribution in [0.5, 0.6) is 0 Å². The van der Waals surface area contributed by atoms with Gasteiger partial charge in [0, 0.05) is 16.8 Å². The SMILES string of the molecule is CC1(C)Cc2ccccc2C2=C(C(=S)Nc3ccccc3)C(=O)C(=O)N21. The van der Waals surface area contributed by atoms with Gasteiger partial charge in [-0.05, 0) is 38.0 Å². The van der Waals surface area contributed by atoms with E-state index < -0.39 is 17.2 Å². The molecule has 1 amide bonds. The molecule has 2 heterocycles. The van der Waals surface area contributed by atoms with E-state index >= 15 is 0 Å². The fourth-order valence-electron chi connectivity index (χ4n) is 3.74. The Morgan fingerprint density at radius 1 is 1.04 bits per heavy atom. The average molecular weight is 362 g/mol. The first-order valence-electron chi connectivity index (χ1n) is 8.48. The molecule has 0 fully saturated rings. The van der Waals surface area contributed by atoms with E-state index in [0.717, 1.165) is 16.8 Å². The Kier molecular flexibility index (Phi) is 3.77. The van der Waals surface area contributed by atoms with Gasteiger partial charge in [-0.1, -0.05) is 54.7 Å². The van der Waals surface area contributed by atoms with Gasteiger partial charge in [0.15, 0.2) is 0 Å². The highest BCUT2D eigenvalue weighted by Gasteiger charge is 2.50. The van der Waals surface area contributed by atoms with Crippen molar-refractivity contribution in [2.24, 2.45) is 0 Å². The summed E-state index contributed by atoms with van der Waals surface area (Å²) in [5, 5.41) is 3.10. The number of Topliss-reactive ketones (excluding diaryl/α,β-unsaturated/α-hetero) is 1. The average Bonchev–Trinajstić information content (AvgIpc) is 2.88. The fourth-order valence-corrected chi connectivity index (χ4v) is 4.05. The molecule has 5 heteroatoms. The van der Waals surface area contributed by atoms with Crippen LogP contribution >= 0.6 is 12.2 Å². The van der Waals surface area contributed by atoms with E-state index in [1.54, 1.807) is 4.90 Å². The standard InChI is InChI=1S/C21H18N2O2S/c1-21(2)12-13-8-6-7-11-15(13)17-16(18(24)20(25)23(17)21)19(26)22-14-9-4-3-5-10-14/h3-11H,12H2,1-2H3,(H,22,26). The summed E-state index contributed by atoms with van der Waals surface area (Å²) in [5.74, 6) is -1.05. The third-order valence-corrected chi connectivity index (χ3v) is 5.15. The first-order chi connectivity index (χ1) is 12.4. The van der Waals surface area contributed by atoms with E-state index in [2.05, 4.69) is 5.32 Å². The molecule has 2 aromatic carbocycles. The first-order valence-corrected chi connectivity index (χ1v) is 8.89. The first kappa shape index (κ1) is 16.7. The normalized spacial score (nSPS) is 17.8. The molecule has 4 nitrogen and oxygen atoms in total. The van der Waals surface area contributed by atoms with Crippen LogP contribution in [0.25, 0.3) is 5.70 Å². The fraction of sp³-hybridized carbons (Fsp3) is 0.190. The van der Waals surface area contributed by atoms with Gasteiger partial charge in [0.25, 0.3) is 11.7 Å². The predicted octanol–water partition coefficient (Wildman–Crippen LogP) is 3.58. The van der Waals surface area contributed by atoms with Crippen molar-refractivity contribution in [3.63, 3.8) is 0 Å². The number of thiocarbonyl (C=S) groups is 1. The molecule has 26 heavy (non-hydrogen) atoms. The molecule has 0 unspecified atom stereocenters. The number of nitrogens with zero attached hydrogens (tertiary/aromatic N) is 1. The largest absolute Gasteiger partial charge is 0.346 e. The van der Waals surface area contributed by atoms with Gasteiger partial charge in [0.05, 0.1) is 11.3 Å². The second-order valence-electron chi connectivity index (χ2n) is 7.16. The van der Waals surface area contributed by atoms with Crippen molar-refractivity contribution >= 4 is 40.3 Å². The molecule has 0 radical (unpaired) electrons. The molecule has 0 atom stereocenters. The third-order valence-electron chi connectivity index (χ3n) is 4.84. The number of fused-ring (bicyclic) bond motifs is 3. The summed E-state index contributed by atoms with van der Waals surface area (Å²) in [4.78, 5) is 27.5. The minimum atomic E-state index is -0.543. The molecule has 0 saturated heterocycles. The van der Waals surface area contributed by atoms with Crippen molar-refractivity contribution in [2.75, 3.05) is 5.32 Å². The molecule has 0 spiro atoms. The second-order valence-corrected chi connectivity index (χ2v) is 7.57. The van der Waals surface area contributed by atoms with Crippen molar-refractivity contribution in [1.82, 2.24) is 4.90 Å². The zero-order valence-electron chi connectivity index (χ0n) is 14.6. The van der Waals surface area contributed by atoms with Crippen molar-refractivity contribution in [1.29, 1.82) is 0 Å². The van der Waals surface area contributed by atoms with E-state index in [1.807, 2.05) is 68.4 Å². The number of para-hydroxylation sites is 1. The van der Waals surface area contributed by atoms with Crippen LogP contribution in [-0.4, -0.2) is 27.1 Å². The number of rotatable bonds is 2. The van der Waals surface area contributed by atoms with Crippen LogP contribution in [0.2, 0.25) is 0 Å². The molecule has 130 valence electrons. The maximum Gasteiger partial charge on any atom is 0.300 e. The van der Waals surface area contributed by atoms with E-state index in [-0.39, 0.29) is 10.6 Å². The Hall–Kier alpha value is -2.79. The van der Waals surface area contributed by atoms with Crippen LogP contribution in [0.1, 0.15) is 25.0 Å². The Morgan fingerprint density at radius 2 is 1.69 bits per heavy atom. The van der Waals surface area contributed by atoms with Gasteiger partial charge < -0.3 is 5.32 Å². The number of amides is 1. The molecule has 0 aromatic heterocycles. The number of carbonyl (C=O) groups excluding carboxylic acids is 2. The summed E-state index contributed by atoms with van der Waals surface area (Å²) in [6.07, 6.45) is 0.692. The Balaban J connectivity index is 1.88. The molecule has 2 aromatic rings. The summed E-state index contributed by atoms with van der Waals surface area (Å²) in [7, 11) is 0. The summed E-state index contributed by atoms with van der Waals surface area (Å²) in [5.41, 5.74) is 3.23. The maximum absolute atomic E-state index is 12.8. The number of nitrogens with one attached hydrogen (secondary N) is 1. The summed E-state index contributed by atoms with van der Waals surface area (Å²) in [6, 6.07) is 17.3. The van der Waals surface area contributed by atoms with E-state index in [4.69, 9.17) is 12.2 Å². The maximum atomic E-state index is 12.8. The second kappa shape index (κ2) is 5.88. The number of hydrogen-bond acceptors (Lipinski definition) is 3. The Bertz CT molecular complexity index is 977. The molecule has 0 aliphatic carbocycles. The highest BCUT2D eigenvalue weighted by atomic mass is 32.1. The van der Waals surface area contributed by atoms with Crippen molar-refractivity contribution in [2.45, 2.75) is 25.8 Å². The molecule has 4 rings (SSSR count). The van der Waals surface area contributed by atoms with Gasteiger partial charge >= 0.3 is 0 Å². The Labute approximate surface area is 157 Å². The zero-order valence-corrected chi connectivity index (χ0v) is 15.4.